The molecule has 1 fully saturated rings. The number of anilines is 1. The molecule has 39 heavy (non-hydrogen) atoms. The van der Waals surface area contributed by atoms with Gasteiger partial charge in [0.25, 0.3) is 11.6 Å². The van der Waals surface area contributed by atoms with Gasteiger partial charge in [0.15, 0.2) is 11.5 Å². The van der Waals surface area contributed by atoms with E-state index >= 15 is 0 Å². The molecule has 12 heteroatoms. The van der Waals surface area contributed by atoms with Crippen molar-refractivity contribution in [1.29, 1.82) is 0 Å². The van der Waals surface area contributed by atoms with Gasteiger partial charge >= 0.3 is 6.03 Å². The van der Waals surface area contributed by atoms with Crippen LogP contribution in [0.15, 0.2) is 72.4 Å². The summed E-state index contributed by atoms with van der Waals surface area (Å²) in [6, 6.07) is 16.9. The molecule has 1 aliphatic rings. The number of hydrogen-bond acceptors (Lipinski definition) is 8. The third kappa shape index (κ3) is 6.31. The highest BCUT2D eigenvalue weighted by Crippen LogP contribution is 2.30. The second kappa shape index (κ2) is 11.8. The van der Waals surface area contributed by atoms with Crippen LogP contribution in [0.3, 0.4) is 0 Å². The molecule has 0 aromatic heterocycles. The molecular formula is C27H24N4O8. The number of methoxy groups -OCH3 is 2. The minimum atomic E-state index is -0.726. The van der Waals surface area contributed by atoms with Crippen LogP contribution < -0.4 is 24.8 Å². The van der Waals surface area contributed by atoms with Crippen LogP contribution in [0, 0.1) is 10.1 Å². The van der Waals surface area contributed by atoms with Gasteiger partial charge in [0.05, 0.1) is 24.8 Å². The van der Waals surface area contributed by atoms with Crippen LogP contribution in [0.1, 0.15) is 11.1 Å². The Hall–Kier alpha value is -5.39. The fourth-order valence-corrected chi connectivity index (χ4v) is 3.73. The number of benzene rings is 3. The summed E-state index contributed by atoms with van der Waals surface area (Å²) in [5.41, 5.74) is 1.65. The third-order valence-corrected chi connectivity index (χ3v) is 5.69. The van der Waals surface area contributed by atoms with Crippen molar-refractivity contribution in [2.75, 3.05) is 26.1 Å². The van der Waals surface area contributed by atoms with Crippen molar-refractivity contribution < 1.29 is 33.5 Å². The van der Waals surface area contributed by atoms with Crippen LogP contribution in [-0.2, 0) is 16.2 Å². The summed E-state index contributed by atoms with van der Waals surface area (Å²) in [7, 11) is 2.92. The van der Waals surface area contributed by atoms with E-state index < -0.39 is 29.3 Å². The normalized spacial score (nSPS) is 13.7. The molecule has 0 radical (unpaired) electrons. The molecule has 0 spiro atoms. The van der Waals surface area contributed by atoms with Gasteiger partial charge < -0.3 is 24.8 Å². The summed E-state index contributed by atoms with van der Waals surface area (Å²) < 4.78 is 16.4. The molecule has 0 aliphatic carbocycles. The van der Waals surface area contributed by atoms with Gasteiger partial charge in [0.2, 0.25) is 5.91 Å². The number of non-ortho nitro benzene ring substituents is 1. The zero-order chi connectivity index (χ0) is 27.9. The zero-order valence-electron chi connectivity index (χ0n) is 21.0. The van der Waals surface area contributed by atoms with Crippen molar-refractivity contribution in [3.05, 3.63) is 93.7 Å². The topological polar surface area (TPSA) is 149 Å². The Morgan fingerprint density at radius 1 is 1.00 bits per heavy atom. The standard InChI is InChI=1S/C27H24N4O8/c1-37-22-6-4-3-5-20(22)28-25(32)15-30-26(33)21(29-27(30)34)13-18-9-12-23(24(14-18)38-2)39-16-17-7-10-19(11-8-17)31(35)36/h3-14H,15-16H2,1-2H3,(H,28,32)(H,29,34)/b21-13+. The van der Waals surface area contributed by atoms with E-state index in [-0.39, 0.29) is 18.0 Å². The number of nitro groups is 1. The highest BCUT2D eigenvalue weighted by molar-refractivity contribution is 6.16. The molecule has 200 valence electrons. The van der Waals surface area contributed by atoms with E-state index in [9.17, 15) is 24.5 Å². The summed E-state index contributed by atoms with van der Waals surface area (Å²) in [4.78, 5) is 48.9. The van der Waals surface area contributed by atoms with E-state index in [1.165, 1.54) is 32.4 Å². The largest absolute Gasteiger partial charge is 0.495 e. The zero-order valence-corrected chi connectivity index (χ0v) is 21.0. The Balaban J connectivity index is 1.42. The lowest BCUT2D eigenvalue weighted by Gasteiger charge is -2.13. The number of ether oxygens (including phenoxy) is 3. The molecule has 2 N–H and O–H groups in total. The quantitative estimate of drug-likeness (QED) is 0.174. The van der Waals surface area contributed by atoms with Gasteiger partial charge in [-0.15, -0.1) is 0 Å². The van der Waals surface area contributed by atoms with Gasteiger partial charge in [0.1, 0.15) is 24.6 Å². The lowest BCUT2D eigenvalue weighted by Crippen LogP contribution is -2.38. The van der Waals surface area contributed by atoms with E-state index in [2.05, 4.69) is 10.6 Å². The van der Waals surface area contributed by atoms with Crippen LogP contribution in [0.4, 0.5) is 16.2 Å². The van der Waals surface area contributed by atoms with Crippen LogP contribution in [0.25, 0.3) is 6.08 Å². The number of nitrogens with one attached hydrogen (secondary N) is 2. The maximum Gasteiger partial charge on any atom is 0.329 e. The average Bonchev–Trinajstić information content (AvgIpc) is 3.19. The van der Waals surface area contributed by atoms with Crippen molar-refractivity contribution in [2.24, 2.45) is 0 Å². The molecule has 3 aromatic rings. The SMILES string of the molecule is COc1ccccc1NC(=O)CN1C(=O)N/C(=C/c2ccc(OCc3ccc([N+](=O)[O-])cc3)c(OC)c2)C1=O. The van der Waals surface area contributed by atoms with E-state index in [4.69, 9.17) is 14.2 Å². The Morgan fingerprint density at radius 3 is 2.41 bits per heavy atom. The van der Waals surface area contributed by atoms with Gasteiger partial charge in [-0.25, -0.2) is 9.69 Å². The Morgan fingerprint density at radius 2 is 1.72 bits per heavy atom. The van der Waals surface area contributed by atoms with E-state index in [0.717, 1.165) is 10.5 Å². The Kier molecular flexibility index (Phi) is 8.05. The molecule has 4 rings (SSSR count). The summed E-state index contributed by atoms with van der Waals surface area (Å²) >= 11 is 0. The smallest absolute Gasteiger partial charge is 0.329 e. The predicted octanol–water partition coefficient (Wildman–Crippen LogP) is 3.72. The molecule has 0 unspecified atom stereocenters. The Bertz CT molecular complexity index is 1450. The molecule has 0 bridgehead atoms. The Labute approximate surface area is 222 Å². The number of hydrogen-bond donors (Lipinski definition) is 2. The summed E-state index contributed by atoms with van der Waals surface area (Å²) in [5.74, 6) is -0.00339. The number of amides is 4. The number of carbonyl (C=O) groups excluding carboxylic acids is 3. The van der Waals surface area contributed by atoms with Crippen molar-refractivity contribution in [3.63, 3.8) is 0 Å². The monoisotopic (exact) mass is 532 g/mol. The minimum Gasteiger partial charge on any atom is -0.495 e. The molecule has 1 saturated heterocycles. The first-order valence-corrected chi connectivity index (χ1v) is 11.6. The number of carbonyl (C=O) groups is 3. The third-order valence-electron chi connectivity index (χ3n) is 5.69. The highest BCUT2D eigenvalue weighted by Gasteiger charge is 2.35. The first kappa shape index (κ1) is 26.7. The maximum absolute atomic E-state index is 12.8. The number of imide groups is 1. The van der Waals surface area contributed by atoms with E-state index in [1.54, 1.807) is 54.6 Å². The number of nitrogens with zero attached hydrogens (tertiary/aromatic N) is 2. The van der Waals surface area contributed by atoms with Crippen molar-refractivity contribution in [1.82, 2.24) is 10.2 Å². The molecule has 1 aliphatic heterocycles. The molecule has 12 nitrogen and oxygen atoms in total. The van der Waals surface area contributed by atoms with Gasteiger partial charge in [-0.2, -0.15) is 0 Å². The first-order valence-electron chi connectivity index (χ1n) is 11.6. The van der Waals surface area contributed by atoms with Crippen molar-refractivity contribution >= 4 is 35.3 Å². The van der Waals surface area contributed by atoms with Gasteiger partial charge in [-0.3, -0.25) is 19.7 Å². The lowest BCUT2D eigenvalue weighted by atomic mass is 10.1. The van der Waals surface area contributed by atoms with Crippen LogP contribution >= 0.6 is 0 Å². The van der Waals surface area contributed by atoms with Crippen molar-refractivity contribution in [3.8, 4) is 17.2 Å². The lowest BCUT2D eigenvalue weighted by molar-refractivity contribution is -0.384. The fourth-order valence-electron chi connectivity index (χ4n) is 3.73. The number of para-hydroxylation sites is 2. The summed E-state index contributed by atoms with van der Waals surface area (Å²) in [6.45, 7) is -0.339. The van der Waals surface area contributed by atoms with E-state index in [1.807, 2.05) is 0 Å². The second-order valence-corrected chi connectivity index (χ2v) is 8.25. The minimum absolute atomic E-state index is 0.00769. The van der Waals surface area contributed by atoms with E-state index in [0.29, 0.717) is 28.5 Å². The molecule has 4 amide bonds. The van der Waals surface area contributed by atoms with Gasteiger partial charge in [0, 0.05) is 12.1 Å². The van der Waals surface area contributed by atoms with Crippen LogP contribution in [0.2, 0.25) is 0 Å². The molecule has 1 heterocycles. The number of rotatable bonds is 10. The molecule has 3 aromatic carbocycles. The first-order chi connectivity index (χ1) is 18.8. The van der Waals surface area contributed by atoms with Gasteiger partial charge in [-0.05, 0) is 53.6 Å². The van der Waals surface area contributed by atoms with Crippen LogP contribution in [-0.4, -0.2) is 48.4 Å². The van der Waals surface area contributed by atoms with Gasteiger partial charge in [-0.1, -0.05) is 18.2 Å². The number of nitro benzene ring substituents is 1. The molecule has 0 atom stereocenters. The summed E-state index contributed by atoms with van der Waals surface area (Å²) in [5, 5.41) is 15.9. The molecule has 0 saturated carbocycles. The van der Waals surface area contributed by atoms with Crippen LogP contribution in [0.5, 0.6) is 17.2 Å². The molecular weight excluding hydrogens is 508 g/mol. The highest BCUT2D eigenvalue weighted by atomic mass is 16.6. The maximum atomic E-state index is 12.8. The number of urea groups is 1. The van der Waals surface area contributed by atoms with Crippen molar-refractivity contribution in [2.45, 2.75) is 6.61 Å². The second-order valence-electron chi connectivity index (χ2n) is 8.25. The summed E-state index contributed by atoms with van der Waals surface area (Å²) in [6.07, 6.45) is 1.46. The fraction of sp³-hybridized carbons (Fsp3) is 0.148. The predicted molar refractivity (Wildman–Crippen MR) is 140 cm³/mol. The average molecular weight is 533 g/mol.